The maximum absolute atomic E-state index is 11.9. The van der Waals surface area contributed by atoms with Crippen molar-refractivity contribution < 1.29 is 56.3 Å². The number of phosphoric ester groups is 1. The average Bonchev–Trinajstić information content (AvgIpc) is 2.86. The van der Waals surface area contributed by atoms with Crippen molar-refractivity contribution in [2.24, 2.45) is 0 Å². The molecular weight excluding hydrogens is 531 g/mol. The van der Waals surface area contributed by atoms with Crippen molar-refractivity contribution in [1.82, 2.24) is 9.55 Å². The van der Waals surface area contributed by atoms with Crippen LogP contribution in [0.5, 0.6) is 0 Å². The van der Waals surface area contributed by atoms with Gasteiger partial charge in [-0.05, 0) is 15.9 Å². The number of anilines is 1. The summed E-state index contributed by atoms with van der Waals surface area (Å²) in [6.07, 6.45) is -2.52. The summed E-state index contributed by atoms with van der Waals surface area (Å²) in [5, 5.41) is 10.00. The highest BCUT2D eigenvalue weighted by Crippen LogP contribution is 2.66. The summed E-state index contributed by atoms with van der Waals surface area (Å²) in [4.78, 5) is 50.8. The van der Waals surface area contributed by atoms with Crippen molar-refractivity contribution in [2.45, 2.75) is 24.9 Å². The van der Waals surface area contributed by atoms with E-state index in [-0.39, 0.29) is 16.7 Å². The van der Waals surface area contributed by atoms with Gasteiger partial charge < -0.3 is 35.2 Å². The summed E-state index contributed by atoms with van der Waals surface area (Å²) in [6.45, 7) is -0.861. The van der Waals surface area contributed by atoms with Crippen molar-refractivity contribution in [1.29, 1.82) is 0 Å². The highest BCUT2D eigenvalue weighted by Gasteiger charge is 2.43. The summed E-state index contributed by atoms with van der Waals surface area (Å²) >= 11 is 3.07. The molecule has 0 amide bonds. The van der Waals surface area contributed by atoms with Crippen LogP contribution in [0.1, 0.15) is 12.6 Å². The van der Waals surface area contributed by atoms with Crippen molar-refractivity contribution in [3.05, 3.63) is 21.2 Å². The first-order valence-electron chi connectivity index (χ1n) is 7.24. The van der Waals surface area contributed by atoms with Gasteiger partial charge >= 0.3 is 29.2 Å². The normalized spacial score (nSPS) is 26.8. The Labute approximate surface area is 169 Å². The Morgan fingerprint density at radius 1 is 1.24 bits per heavy atom. The van der Waals surface area contributed by atoms with E-state index >= 15 is 0 Å². The number of aliphatic hydroxyl groups is 1. The highest BCUT2D eigenvalue weighted by atomic mass is 79.9. The van der Waals surface area contributed by atoms with Crippen molar-refractivity contribution in [3.63, 3.8) is 0 Å². The Bertz CT molecular complexity index is 965. The lowest BCUT2D eigenvalue weighted by atomic mass is 10.2. The molecule has 3 unspecified atom stereocenters. The Morgan fingerprint density at radius 2 is 1.86 bits per heavy atom. The number of rotatable bonds is 8. The molecule has 20 heteroatoms. The van der Waals surface area contributed by atoms with Gasteiger partial charge in [-0.15, -0.1) is 0 Å². The minimum atomic E-state index is -5.66. The van der Waals surface area contributed by atoms with Crippen LogP contribution < -0.4 is 11.4 Å². The molecule has 5 atom stereocenters. The van der Waals surface area contributed by atoms with Crippen LogP contribution in [0.2, 0.25) is 0 Å². The maximum Gasteiger partial charge on any atom is 0.490 e. The monoisotopic (exact) mass is 545 g/mol. The Hall–Kier alpha value is -0.510. The molecule has 0 radical (unpaired) electrons. The molecule has 0 aromatic carbocycles. The third-order valence-electron chi connectivity index (χ3n) is 3.27. The van der Waals surface area contributed by atoms with E-state index in [0.29, 0.717) is 0 Å². The Morgan fingerprint density at radius 3 is 2.45 bits per heavy atom. The number of hydrogen-bond acceptors (Lipinski definition) is 11. The molecule has 0 aliphatic carbocycles. The third kappa shape index (κ3) is 7.29. The second kappa shape index (κ2) is 8.93. The van der Waals surface area contributed by atoms with E-state index in [1.54, 1.807) is 0 Å². The van der Waals surface area contributed by atoms with Crippen LogP contribution in [0, 0.1) is 0 Å². The zero-order chi connectivity index (χ0) is 22.2. The van der Waals surface area contributed by atoms with Gasteiger partial charge in [0.1, 0.15) is 18.1 Å². The lowest BCUT2D eigenvalue weighted by Crippen LogP contribution is -2.28. The van der Waals surface area contributed by atoms with Crippen LogP contribution in [0.4, 0.5) is 5.82 Å². The van der Waals surface area contributed by atoms with Gasteiger partial charge in [0.25, 0.3) is 0 Å². The second-order valence-electron chi connectivity index (χ2n) is 5.48. The summed E-state index contributed by atoms with van der Waals surface area (Å²) in [5.41, 5.74) is 4.68. The molecular formula is C9H15BrN3O13P3. The quantitative estimate of drug-likeness (QED) is 0.227. The summed E-state index contributed by atoms with van der Waals surface area (Å²) < 4.78 is 51.6. The molecule has 2 heterocycles. The molecule has 2 rings (SSSR count). The number of aromatic nitrogens is 2. The van der Waals surface area contributed by atoms with Gasteiger partial charge in [-0.2, -0.15) is 13.6 Å². The van der Waals surface area contributed by atoms with E-state index < -0.39 is 54.2 Å². The number of nitrogens with two attached hydrogens (primary N) is 1. The molecule has 1 aromatic rings. The van der Waals surface area contributed by atoms with E-state index in [9.17, 15) is 28.5 Å². The maximum atomic E-state index is 11.9. The number of halogens is 1. The number of aliphatic hydroxyl groups excluding tert-OH is 1. The van der Waals surface area contributed by atoms with E-state index in [1.165, 1.54) is 6.20 Å². The highest BCUT2D eigenvalue weighted by molar-refractivity contribution is 9.10. The van der Waals surface area contributed by atoms with Crippen LogP contribution in [0.15, 0.2) is 15.5 Å². The second-order valence-corrected chi connectivity index (χ2v) is 10.8. The largest absolute Gasteiger partial charge is 0.490 e. The number of nitrogens with zero attached hydrogens (tertiary/aromatic N) is 2. The number of nitrogen functional groups attached to an aromatic ring is 1. The number of ether oxygens (including phenoxy) is 1. The molecule has 0 spiro atoms. The molecule has 29 heavy (non-hydrogen) atoms. The van der Waals surface area contributed by atoms with Crippen LogP contribution in [-0.4, -0.2) is 53.0 Å². The first-order chi connectivity index (χ1) is 13.1. The predicted octanol–water partition coefficient (Wildman–Crippen LogP) is -0.420. The van der Waals surface area contributed by atoms with Gasteiger partial charge in [0.2, 0.25) is 0 Å². The molecule has 1 aliphatic heterocycles. The number of phosphoric acid groups is 3. The van der Waals surface area contributed by atoms with Gasteiger partial charge in [0, 0.05) is 12.6 Å². The molecule has 16 nitrogen and oxygen atoms in total. The first-order valence-corrected chi connectivity index (χ1v) is 12.6. The van der Waals surface area contributed by atoms with Gasteiger partial charge in [-0.3, -0.25) is 9.09 Å². The minimum absolute atomic E-state index is 0.0750. The lowest BCUT2D eigenvalue weighted by molar-refractivity contribution is -0.0450. The smallest absolute Gasteiger partial charge is 0.390 e. The SMILES string of the molecule is Nc1nc(=O)n([C@H]2CC(O)[C@@H](COP(=O)(O)OP(=O)(O)OP(=O)(O)O)O2)cc1Br. The topological polar surface area (TPSA) is 250 Å². The fraction of sp³-hybridized carbons (Fsp3) is 0.556. The fourth-order valence-corrected chi connectivity index (χ4v) is 5.51. The molecule has 1 fully saturated rings. The molecule has 1 aromatic heterocycles. The van der Waals surface area contributed by atoms with Crippen LogP contribution in [0.25, 0.3) is 0 Å². The third-order valence-corrected chi connectivity index (χ3v) is 7.68. The molecule has 7 N–H and O–H groups in total. The van der Waals surface area contributed by atoms with Crippen LogP contribution in [0.3, 0.4) is 0 Å². The van der Waals surface area contributed by atoms with Crippen molar-refractivity contribution in [3.8, 4) is 0 Å². The molecule has 0 saturated carbocycles. The van der Waals surface area contributed by atoms with E-state index in [2.05, 4.69) is 34.1 Å². The summed E-state index contributed by atoms with van der Waals surface area (Å²) in [7, 11) is -16.6. The predicted molar refractivity (Wildman–Crippen MR) is 95.0 cm³/mol. The molecule has 1 saturated heterocycles. The zero-order valence-electron chi connectivity index (χ0n) is 13.9. The van der Waals surface area contributed by atoms with E-state index in [0.717, 1.165) is 4.57 Å². The standard InChI is InChI=1S/C9H15BrN3O13P3/c10-4-2-13(9(15)12-8(4)11)7-1-5(14)6(24-7)3-23-28(19,20)26-29(21,22)25-27(16,17)18/h2,5-7,14H,1,3H2,(H,19,20)(H,21,22)(H2,11,12,15)(H2,16,17,18)/t5?,6-,7-/m1/s1. The van der Waals surface area contributed by atoms with Crippen molar-refractivity contribution >= 4 is 45.2 Å². The van der Waals surface area contributed by atoms with E-state index in [1.807, 2.05) is 0 Å². The Kier molecular flexibility index (Phi) is 7.62. The van der Waals surface area contributed by atoms with E-state index in [4.69, 9.17) is 25.2 Å². The van der Waals surface area contributed by atoms with Crippen molar-refractivity contribution in [2.75, 3.05) is 12.3 Å². The summed E-state index contributed by atoms with van der Waals surface area (Å²) in [5.74, 6) is -0.0750. The van der Waals surface area contributed by atoms with Gasteiger partial charge in [0.05, 0.1) is 17.2 Å². The minimum Gasteiger partial charge on any atom is -0.390 e. The molecule has 166 valence electrons. The average molecular weight is 546 g/mol. The van der Waals surface area contributed by atoms with Gasteiger partial charge in [-0.25, -0.2) is 18.5 Å². The Balaban J connectivity index is 2.02. The van der Waals surface area contributed by atoms with Crippen LogP contribution >= 0.6 is 39.4 Å². The molecule has 0 bridgehead atoms. The first kappa shape index (κ1) is 24.8. The lowest BCUT2D eigenvalue weighted by Gasteiger charge is -2.19. The zero-order valence-corrected chi connectivity index (χ0v) is 18.2. The van der Waals surface area contributed by atoms with Crippen LogP contribution in [-0.2, 0) is 31.6 Å². The molecule has 1 aliphatic rings. The fourth-order valence-electron chi connectivity index (χ4n) is 2.17. The van der Waals surface area contributed by atoms with Gasteiger partial charge in [-0.1, -0.05) is 0 Å². The van der Waals surface area contributed by atoms with Gasteiger partial charge in [0.15, 0.2) is 0 Å². The number of hydrogen-bond donors (Lipinski definition) is 6. The summed E-state index contributed by atoms with van der Waals surface area (Å²) in [6, 6.07) is 0.